The van der Waals surface area contributed by atoms with E-state index in [0.29, 0.717) is 18.8 Å². The topological polar surface area (TPSA) is 55.5 Å². The first-order valence-electron chi connectivity index (χ1n) is 4.48. The molecular formula is C10H12FNO2S. The number of ether oxygens (including phenoxy) is 1. The Hall–Kier alpha value is -1.20. The maximum Gasteiger partial charge on any atom is 0.137 e. The summed E-state index contributed by atoms with van der Waals surface area (Å²) in [6.07, 6.45) is 0.513. The lowest BCUT2D eigenvalue weighted by atomic mass is 10.2. The molecule has 0 aliphatic heterocycles. The molecule has 1 aromatic carbocycles. The van der Waals surface area contributed by atoms with E-state index in [1.54, 1.807) is 6.07 Å². The standard InChI is InChI=1S/C10H12FNO2S/c11-9-6-7(14-5-1-4-13)2-3-8(9)10(12)15/h2-3,6,13H,1,4-5H2,(H2,12,15). The van der Waals surface area contributed by atoms with Crippen molar-refractivity contribution in [3.8, 4) is 5.75 Å². The molecule has 1 rings (SSSR count). The Morgan fingerprint density at radius 3 is 2.80 bits per heavy atom. The second-order valence-corrected chi connectivity index (χ2v) is 3.37. The van der Waals surface area contributed by atoms with Gasteiger partial charge in [-0.25, -0.2) is 4.39 Å². The molecule has 0 saturated heterocycles. The number of aliphatic hydroxyl groups excluding tert-OH is 1. The van der Waals surface area contributed by atoms with Crippen LogP contribution in [0.5, 0.6) is 5.75 Å². The number of benzene rings is 1. The van der Waals surface area contributed by atoms with Crippen LogP contribution in [0.1, 0.15) is 12.0 Å². The van der Waals surface area contributed by atoms with Gasteiger partial charge in [0.15, 0.2) is 0 Å². The average molecular weight is 229 g/mol. The van der Waals surface area contributed by atoms with Crippen molar-refractivity contribution in [3.05, 3.63) is 29.6 Å². The average Bonchev–Trinajstić information content (AvgIpc) is 2.17. The quantitative estimate of drug-likeness (QED) is 0.589. The van der Waals surface area contributed by atoms with E-state index in [9.17, 15) is 4.39 Å². The highest BCUT2D eigenvalue weighted by atomic mass is 32.1. The number of thiocarbonyl (C=S) groups is 1. The fourth-order valence-corrected chi connectivity index (χ4v) is 1.21. The summed E-state index contributed by atoms with van der Waals surface area (Å²) >= 11 is 4.66. The number of rotatable bonds is 5. The Morgan fingerprint density at radius 2 is 2.27 bits per heavy atom. The third-order valence-electron chi connectivity index (χ3n) is 1.78. The van der Waals surface area contributed by atoms with Crippen molar-refractivity contribution in [2.75, 3.05) is 13.2 Å². The normalized spacial score (nSPS) is 10.0. The second-order valence-electron chi connectivity index (χ2n) is 2.93. The summed E-state index contributed by atoms with van der Waals surface area (Å²) in [4.78, 5) is 0.0226. The van der Waals surface area contributed by atoms with E-state index in [4.69, 9.17) is 15.6 Å². The monoisotopic (exact) mass is 229 g/mol. The first-order valence-corrected chi connectivity index (χ1v) is 4.89. The molecule has 3 nitrogen and oxygen atoms in total. The summed E-state index contributed by atoms with van der Waals surface area (Å²) in [5.41, 5.74) is 5.51. The predicted molar refractivity (Wildman–Crippen MR) is 59.5 cm³/mol. The van der Waals surface area contributed by atoms with Crippen LogP contribution >= 0.6 is 12.2 Å². The van der Waals surface area contributed by atoms with Gasteiger partial charge in [0.05, 0.1) is 6.61 Å². The minimum atomic E-state index is -0.496. The highest BCUT2D eigenvalue weighted by Crippen LogP contribution is 2.16. The van der Waals surface area contributed by atoms with Crippen LogP contribution < -0.4 is 10.5 Å². The molecule has 0 aromatic heterocycles. The van der Waals surface area contributed by atoms with Crippen LogP contribution in [0.3, 0.4) is 0 Å². The zero-order chi connectivity index (χ0) is 11.3. The Morgan fingerprint density at radius 1 is 1.53 bits per heavy atom. The van der Waals surface area contributed by atoms with Crippen LogP contribution in [0.2, 0.25) is 0 Å². The van der Waals surface area contributed by atoms with Gasteiger partial charge in [-0.2, -0.15) is 0 Å². The highest BCUT2D eigenvalue weighted by Gasteiger charge is 2.06. The summed E-state index contributed by atoms with van der Waals surface area (Å²) in [6.45, 7) is 0.399. The van der Waals surface area contributed by atoms with Crippen LogP contribution in [0.25, 0.3) is 0 Å². The zero-order valence-electron chi connectivity index (χ0n) is 8.07. The van der Waals surface area contributed by atoms with E-state index >= 15 is 0 Å². The van der Waals surface area contributed by atoms with Gasteiger partial charge < -0.3 is 15.6 Å². The SMILES string of the molecule is NC(=S)c1ccc(OCCCO)cc1F. The third kappa shape index (κ3) is 3.45. The van der Waals surface area contributed by atoms with Crippen molar-refractivity contribution in [1.82, 2.24) is 0 Å². The molecule has 0 bridgehead atoms. The maximum atomic E-state index is 13.3. The van der Waals surface area contributed by atoms with Gasteiger partial charge in [-0.1, -0.05) is 12.2 Å². The van der Waals surface area contributed by atoms with Gasteiger partial charge in [0.25, 0.3) is 0 Å². The van der Waals surface area contributed by atoms with Gasteiger partial charge >= 0.3 is 0 Å². The third-order valence-corrected chi connectivity index (χ3v) is 2.00. The number of hydrogen-bond acceptors (Lipinski definition) is 3. The van der Waals surface area contributed by atoms with Crippen LogP contribution in [-0.2, 0) is 0 Å². The number of hydrogen-bond donors (Lipinski definition) is 2. The molecule has 0 aliphatic carbocycles. The molecule has 82 valence electrons. The van der Waals surface area contributed by atoms with E-state index in [-0.39, 0.29) is 17.2 Å². The van der Waals surface area contributed by atoms with Crippen molar-refractivity contribution in [2.45, 2.75) is 6.42 Å². The van der Waals surface area contributed by atoms with E-state index in [1.807, 2.05) is 0 Å². The van der Waals surface area contributed by atoms with Crippen LogP contribution in [0.15, 0.2) is 18.2 Å². The number of nitrogens with two attached hydrogens (primary N) is 1. The second kappa shape index (κ2) is 5.63. The van der Waals surface area contributed by atoms with Gasteiger partial charge in [-0.3, -0.25) is 0 Å². The van der Waals surface area contributed by atoms with E-state index in [0.717, 1.165) is 0 Å². The fraction of sp³-hybridized carbons (Fsp3) is 0.300. The van der Waals surface area contributed by atoms with Gasteiger partial charge in [0.2, 0.25) is 0 Å². The van der Waals surface area contributed by atoms with Crippen LogP contribution in [0, 0.1) is 5.82 Å². The van der Waals surface area contributed by atoms with E-state index < -0.39 is 5.82 Å². The first kappa shape index (κ1) is 11.9. The molecule has 0 saturated carbocycles. The molecule has 0 heterocycles. The van der Waals surface area contributed by atoms with Crippen molar-refractivity contribution >= 4 is 17.2 Å². The van der Waals surface area contributed by atoms with Crippen LogP contribution in [-0.4, -0.2) is 23.3 Å². The Balaban J connectivity index is 2.69. The molecule has 1 aromatic rings. The Bertz CT molecular complexity index is 357. The molecule has 15 heavy (non-hydrogen) atoms. The Kier molecular flexibility index (Phi) is 4.45. The smallest absolute Gasteiger partial charge is 0.137 e. The molecule has 0 radical (unpaired) electrons. The molecule has 0 aliphatic rings. The summed E-state index contributed by atoms with van der Waals surface area (Å²) < 4.78 is 18.5. The van der Waals surface area contributed by atoms with Gasteiger partial charge in [0.1, 0.15) is 16.6 Å². The lowest BCUT2D eigenvalue weighted by Crippen LogP contribution is -2.11. The minimum Gasteiger partial charge on any atom is -0.493 e. The highest BCUT2D eigenvalue weighted by molar-refractivity contribution is 7.80. The summed E-state index contributed by atoms with van der Waals surface area (Å²) in [5, 5.41) is 8.53. The Labute approximate surface area is 92.7 Å². The van der Waals surface area contributed by atoms with Gasteiger partial charge in [-0.15, -0.1) is 0 Å². The summed E-state index contributed by atoms with van der Waals surface area (Å²) in [6, 6.07) is 4.30. The largest absolute Gasteiger partial charge is 0.493 e. The lowest BCUT2D eigenvalue weighted by Gasteiger charge is -2.06. The zero-order valence-corrected chi connectivity index (χ0v) is 8.89. The van der Waals surface area contributed by atoms with Crippen molar-refractivity contribution in [2.24, 2.45) is 5.73 Å². The number of halogens is 1. The minimum absolute atomic E-state index is 0.0226. The van der Waals surface area contributed by atoms with Crippen LogP contribution in [0.4, 0.5) is 4.39 Å². The van der Waals surface area contributed by atoms with Crippen molar-refractivity contribution in [3.63, 3.8) is 0 Å². The molecule has 3 N–H and O–H groups in total. The van der Waals surface area contributed by atoms with Crippen molar-refractivity contribution < 1.29 is 14.2 Å². The summed E-state index contributed by atoms with van der Waals surface area (Å²) in [7, 11) is 0. The molecule has 0 amide bonds. The van der Waals surface area contributed by atoms with Gasteiger partial charge in [-0.05, 0) is 12.1 Å². The molecule has 0 atom stereocenters. The number of aliphatic hydroxyl groups is 1. The fourth-order valence-electron chi connectivity index (χ4n) is 1.04. The van der Waals surface area contributed by atoms with E-state index in [2.05, 4.69) is 12.2 Å². The molecule has 0 spiro atoms. The molecule has 0 fully saturated rings. The van der Waals surface area contributed by atoms with E-state index in [1.165, 1.54) is 12.1 Å². The van der Waals surface area contributed by atoms with Gasteiger partial charge in [0, 0.05) is 24.7 Å². The van der Waals surface area contributed by atoms with Crippen molar-refractivity contribution in [1.29, 1.82) is 0 Å². The molecular weight excluding hydrogens is 217 g/mol. The molecule has 5 heteroatoms. The molecule has 0 unspecified atom stereocenters. The first-order chi connectivity index (χ1) is 7.15. The maximum absolute atomic E-state index is 13.3. The predicted octanol–water partition coefficient (Wildman–Crippen LogP) is 1.22. The lowest BCUT2D eigenvalue weighted by molar-refractivity contribution is 0.233. The summed E-state index contributed by atoms with van der Waals surface area (Å²) in [5.74, 6) is -0.0926.